The number of para-hydroxylation sites is 1. The van der Waals surface area contributed by atoms with Gasteiger partial charge in [0.25, 0.3) is 32.0 Å². The number of aliphatic imine (C=N–C) groups is 1. The Morgan fingerprint density at radius 2 is 1.58 bits per heavy atom. The van der Waals surface area contributed by atoms with E-state index in [-0.39, 0.29) is 40.9 Å². The van der Waals surface area contributed by atoms with E-state index >= 15 is 0 Å². The number of benzene rings is 4. The van der Waals surface area contributed by atoms with Crippen LogP contribution in [-0.4, -0.2) is 65.2 Å². The van der Waals surface area contributed by atoms with Crippen molar-refractivity contribution in [1.29, 1.82) is 0 Å². The molecule has 4 N–H and O–H groups in total. The second kappa shape index (κ2) is 14.6. The Hall–Kier alpha value is -5.45. The predicted molar refractivity (Wildman–Crippen MR) is 187 cm³/mol. The van der Waals surface area contributed by atoms with Crippen molar-refractivity contribution < 1.29 is 40.6 Å². The van der Waals surface area contributed by atoms with Gasteiger partial charge in [0.2, 0.25) is 6.10 Å². The van der Waals surface area contributed by atoms with E-state index in [0.29, 0.717) is 17.2 Å². The van der Waals surface area contributed by atoms with E-state index in [1.54, 1.807) is 41.1 Å². The molecule has 0 fully saturated rings. The molecule has 0 spiro atoms. The maximum absolute atomic E-state index is 14.2. The topological polar surface area (TPSA) is 196 Å². The van der Waals surface area contributed by atoms with Gasteiger partial charge >= 0.3 is 0 Å². The number of amidine groups is 1. The van der Waals surface area contributed by atoms with Crippen LogP contribution in [-0.2, 0) is 25.0 Å². The van der Waals surface area contributed by atoms with Crippen molar-refractivity contribution >= 4 is 49.3 Å². The molecule has 4 aromatic carbocycles. The number of carbonyl (C=O) groups is 2. The summed E-state index contributed by atoms with van der Waals surface area (Å²) >= 11 is 0. The first kappa shape index (κ1) is 35.8. The third kappa shape index (κ3) is 8.22. The quantitative estimate of drug-likeness (QED) is 0.195. The van der Waals surface area contributed by atoms with Gasteiger partial charge in [0.1, 0.15) is 28.8 Å². The van der Waals surface area contributed by atoms with Crippen molar-refractivity contribution in [3.05, 3.63) is 107 Å². The highest BCUT2D eigenvalue weighted by atomic mass is 32.2. The molecule has 4 aromatic rings. The molecule has 16 heteroatoms. The van der Waals surface area contributed by atoms with Gasteiger partial charge in [0, 0.05) is 5.56 Å². The van der Waals surface area contributed by atoms with E-state index in [0.717, 1.165) is 21.0 Å². The summed E-state index contributed by atoms with van der Waals surface area (Å²) in [5.41, 5.74) is 3.02. The Balaban J connectivity index is 1.55. The van der Waals surface area contributed by atoms with Gasteiger partial charge in [-0.1, -0.05) is 35.9 Å². The number of anilines is 1. The molecular formula is C34H35N5O9S2. The predicted octanol–water partition coefficient (Wildman–Crippen LogP) is 3.75. The molecule has 0 bridgehead atoms. The molecule has 1 aliphatic rings. The zero-order valence-corrected chi connectivity index (χ0v) is 29.2. The van der Waals surface area contributed by atoms with Gasteiger partial charge in [0.05, 0.1) is 25.0 Å². The maximum atomic E-state index is 14.2. The zero-order chi connectivity index (χ0) is 36.2. The number of hydrogen-bond acceptors (Lipinski definition) is 10. The number of sulfonamides is 1. The molecule has 262 valence electrons. The van der Waals surface area contributed by atoms with Crippen LogP contribution in [0.15, 0.2) is 94.8 Å². The summed E-state index contributed by atoms with van der Waals surface area (Å²) in [5.74, 6) is -1.11. The fourth-order valence-electron chi connectivity index (χ4n) is 5.16. The number of hydrogen-bond donors (Lipinski definition) is 3. The van der Waals surface area contributed by atoms with Crippen LogP contribution in [0, 0.1) is 20.8 Å². The molecule has 0 saturated carbocycles. The van der Waals surface area contributed by atoms with E-state index in [4.69, 9.17) is 19.3 Å². The number of nitrogens with two attached hydrogens (primary N) is 1. The first-order valence-electron chi connectivity index (χ1n) is 15.1. The average Bonchev–Trinajstić information content (AvgIpc) is 3.05. The Labute approximate surface area is 290 Å². The summed E-state index contributed by atoms with van der Waals surface area (Å²) in [6.07, 6.45) is -1.69. The summed E-state index contributed by atoms with van der Waals surface area (Å²) in [5, 5.41) is 7.69. The van der Waals surface area contributed by atoms with Crippen LogP contribution in [0.1, 0.15) is 27.0 Å². The van der Waals surface area contributed by atoms with Crippen molar-refractivity contribution in [2.45, 2.75) is 31.8 Å². The molecule has 5 rings (SSSR count). The minimum absolute atomic E-state index is 0.0268. The van der Waals surface area contributed by atoms with Gasteiger partial charge in [0.15, 0.2) is 5.84 Å². The second-order valence-electron chi connectivity index (χ2n) is 11.3. The van der Waals surface area contributed by atoms with Crippen molar-refractivity contribution in [2.24, 2.45) is 10.1 Å². The Morgan fingerprint density at radius 3 is 2.24 bits per heavy atom. The monoisotopic (exact) mass is 721 g/mol. The van der Waals surface area contributed by atoms with E-state index in [1.807, 2.05) is 32.9 Å². The lowest BCUT2D eigenvalue weighted by Gasteiger charge is -2.33. The fraction of sp³-hybridized carbons (Fsp3) is 0.206. The van der Waals surface area contributed by atoms with E-state index < -0.39 is 38.2 Å². The van der Waals surface area contributed by atoms with E-state index in [1.165, 1.54) is 43.5 Å². The summed E-state index contributed by atoms with van der Waals surface area (Å²) in [6.45, 7) is 5.31. The number of nitrogens with one attached hydrogen (secondary N) is 2. The number of fused-ring (bicyclic) bond motifs is 1. The number of rotatable bonds is 12. The van der Waals surface area contributed by atoms with Crippen LogP contribution in [0.4, 0.5) is 11.4 Å². The first-order chi connectivity index (χ1) is 23.7. The Morgan fingerprint density at radius 1 is 0.920 bits per heavy atom. The lowest BCUT2D eigenvalue weighted by molar-refractivity contribution is -0.120. The van der Waals surface area contributed by atoms with Crippen molar-refractivity contribution in [2.75, 3.05) is 25.6 Å². The number of amides is 2. The number of methoxy groups -OCH3 is 1. The lowest BCUT2D eigenvalue weighted by atomic mass is 10.1. The molecule has 0 radical (unpaired) electrons. The molecule has 1 heterocycles. The largest absolute Gasteiger partial charge is 0.495 e. The summed E-state index contributed by atoms with van der Waals surface area (Å²) in [6, 6.07) is 22.0. The van der Waals surface area contributed by atoms with Crippen LogP contribution in [0.2, 0.25) is 0 Å². The van der Waals surface area contributed by atoms with Crippen molar-refractivity contribution in [1.82, 2.24) is 9.03 Å². The van der Waals surface area contributed by atoms with Gasteiger partial charge in [-0.25, -0.2) is 27.6 Å². The minimum Gasteiger partial charge on any atom is -0.495 e. The van der Waals surface area contributed by atoms with Gasteiger partial charge < -0.3 is 19.5 Å². The molecule has 0 saturated heterocycles. The van der Waals surface area contributed by atoms with Gasteiger partial charge in [-0.3, -0.25) is 9.59 Å². The van der Waals surface area contributed by atoms with Gasteiger partial charge in [-0.15, -0.1) is 0 Å². The SMILES string of the molecule is COc1ccc(C)cc1NC(=O)C(Oc1ccc(C(=O)NS(N)(=O)=O)cc1)C1=Nc2ccccc2S(=O)(=O)N1CCOc1ccc(C)cc1C. The number of ether oxygens (including phenoxy) is 3. The highest BCUT2D eigenvalue weighted by Crippen LogP contribution is 2.34. The third-order valence-corrected chi connectivity index (χ3v) is 9.82. The molecule has 50 heavy (non-hydrogen) atoms. The van der Waals surface area contributed by atoms with Crippen LogP contribution in [0.3, 0.4) is 0 Å². The van der Waals surface area contributed by atoms with E-state index in [2.05, 4.69) is 10.3 Å². The van der Waals surface area contributed by atoms with Crippen molar-refractivity contribution in [3.8, 4) is 17.2 Å². The number of aryl methyl sites for hydroxylation is 3. The molecule has 2 amide bonds. The molecular weight excluding hydrogens is 687 g/mol. The molecule has 1 atom stereocenters. The smallest absolute Gasteiger partial charge is 0.298 e. The molecule has 14 nitrogen and oxygen atoms in total. The van der Waals surface area contributed by atoms with Crippen LogP contribution in [0.5, 0.6) is 17.2 Å². The molecule has 1 unspecified atom stereocenters. The zero-order valence-electron chi connectivity index (χ0n) is 27.5. The second-order valence-corrected chi connectivity index (χ2v) is 14.4. The lowest BCUT2D eigenvalue weighted by Crippen LogP contribution is -2.52. The fourth-order valence-corrected chi connectivity index (χ4v) is 7.10. The van der Waals surface area contributed by atoms with Crippen LogP contribution in [0.25, 0.3) is 0 Å². The standard InChI is InChI=1S/C34H35N5O9S2/c1-21-9-15-28(23(3)19-21)47-18-17-39-32(36-26-7-5-6-8-30(26)49(39,42)43)31(34(41)37-27-20-22(2)10-16-29(27)46-4)48-25-13-11-24(12-14-25)33(40)38-50(35,44)45/h5-16,19-20,31H,17-18H2,1-4H3,(H,37,41)(H,38,40)(H2,35,44,45). The van der Waals surface area contributed by atoms with Gasteiger partial charge in [-0.2, -0.15) is 8.42 Å². The van der Waals surface area contributed by atoms with Crippen LogP contribution < -0.4 is 29.4 Å². The summed E-state index contributed by atoms with van der Waals surface area (Å²) in [4.78, 5) is 31.1. The van der Waals surface area contributed by atoms with E-state index in [9.17, 15) is 26.4 Å². The highest BCUT2D eigenvalue weighted by molar-refractivity contribution is 7.90. The highest BCUT2D eigenvalue weighted by Gasteiger charge is 2.41. The summed E-state index contributed by atoms with van der Waals surface area (Å²) < 4.78 is 71.2. The minimum atomic E-state index is -4.32. The first-order valence-corrected chi connectivity index (χ1v) is 18.1. The van der Waals surface area contributed by atoms with Gasteiger partial charge in [-0.05, 0) is 86.5 Å². The molecule has 0 aliphatic carbocycles. The average molecular weight is 722 g/mol. The number of nitrogens with zero attached hydrogens (tertiary/aromatic N) is 2. The molecule has 1 aliphatic heterocycles. The Bertz CT molecular complexity index is 2190. The van der Waals surface area contributed by atoms with Crippen molar-refractivity contribution in [3.63, 3.8) is 0 Å². The third-order valence-electron chi connectivity index (χ3n) is 7.50. The summed E-state index contributed by atoms with van der Waals surface area (Å²) in [7, 11) is -7.17. The normalized spacial score (nSPS) is 14.1. The maximum Gasteiger partial charge on any atom is 0.298 e. The number of carbonyl (C=O) groups excluding carboxylic acids is 2. The van der Waals surface area contributed by atoms with Crippen LogP contribution >= 0.6 is 0 Å². The molecule has 0 aromatic heterocycles. The Kier molecular flexibility index (Phi) is 10.4.